The van der Waals surface area contributed by atoms with Gasteiger partial charge in [0.1, 0.15) is 5.75 Å². The maximum atomic E-state index is 5.63. The van der Waals surface area contributed by atoms with Gasteiger partial charge in [-0.25, -0.2) is 0 Å². The first kappa shape index (κ1) is 11.8. The highest BCUT2D eigenvalue weighted by Gasteiger charge is 2.00. The number of benzene rings is 1. The van der Waals surface area contributed by atoms with Crippen LogP contribution in [0.4, 0.5) is 0 Å². The number of methoxy groups -OCH3 is 1. The molecule has 0 spiro atoms. The highest BCUT2D eigenvalue weighted by Crippen LogP contribution is 2.13. The molecule has 0 heterocycles. The highest BCUT2D eigenvalue weighted by molar-refractivity contribution is 5.26. The van der Waals surface area contributed by atoms with Crippen LogP contribution in [0.3, 0.4) is 0 Å². The lowest BCUT2D eigenvalue weighted by Gasteiger charge is -2.10. The van der Waals surface area contributed by atoms with Gasteiger partial charge in [-0.3, -0.25) is 0 Å². The van der Waals surface area contributed by atoms with Crippen LogP contribution in [0.2, 0.25) is 0 Å². The Morgan fingerprint density at radius 2 is 2.00 bits per heavy atom. The van der Waals surface area contributed by atoms with Gasteiger partial charge in [-0.05, 0) is 31.0 Å². The largest absolute Gasteiger partial charge is 0.497 e. The van der Waals surface area contributed by atoms with Crippen LogP contribution in [0.5, 0.6) is 5.75 Å². The standard InChI is InChI=1S/C13H18O2/c1-4-5-11(2)15-10-12-6-8-13(14-3)9-7-12/h4,6-9,11H,1,5,10H2,2-3H3/t11-/m0/s1. The van der Waals surface area contributed by atoms with Crippen molar-refractivity contribution in [1.29, 1.82) is 0 Å². The molecule has 82 valence electrons. The van der Waals surface area contributed by atoms with Crippen molar-refractivity contribution in [1.82, 2.24) is 0 Å². The Balaban J connectivity index is 2.40. The van der Waals surface area contributed by atoms with Crippen LogP contribution >= 0.6 is 0 Å². The Morgan fingerprint density at radius 3 is 2.53 bits per heavy atom. The lowest BCUT2D eigenvalue weighted by Crippen LogP contribution is -2.06. The summed E-state index contributed by atoms with van der Waals surface area (Å²) in [6, 6.07) is 7.91. The summed E-state index contributed by atoms with van der Waals surface area (Å²) in [5.41, 5.74) is 1.16. The molecule has 1 aromatic carbocycles. The van der Waals surface area contributed by atoms with Crippen molar-refractivity contribution in [2.45, 2.75) is 26.1 Å². The van der Waals surface area contributed by atoms with Crippen molar-refractivity contribution < 1.29 is 9.47 Å². The smallest absolute Gasteiger partial charge is 0.118 e. The maximum Gasteiger partial charge on any atom is 0.118 e. The first-order chi connectivity index (χ1) is 7.26. The Hall–Kier alpha value is -1.28. The summed E-state index contributed by atoms with van der Waals surface area (Å²) < 4.78 is 10.7. The van der Waals surface area contributed by atoms with E-state index in [1.807, 2.05) is 37.3 Å². The Morgan fingerprint density at radius 1 is 1.33 bits per heavy atom. The maximum absolute atomic E-state index is 5.63. The normalized spacial score (nSPS) is 12.1. The van der Waals surface area contributed by atoms with E-state index in [0.717, 1.165) is 17.7 Å². The molecule has 1 rings (SSSR count). The zero-order valence-corrected chi connectivity index (χ0v) is 9.40. The van der Waals surface area contributed by atoms with Crippen molar-refractivity contribution in [2.75, 3.05) is 7.11 Å². The summed E-state index contributed by atoms with van der Waals surface area (Å²) in [5, 5.41) is 0. The molecule has 0 radical (unpaired) electrons. The third-order valence-corrected chi connectivity index (χ3v) is 2.19. The van der Waals surface area contributed by atoms with Gasteiger partial charge in [-0.1, -0.05) is 18.2 Å². The predicted molar refractivity (Wildman–Crippen MR) is 62.1 cm³/mol. The Kier molecular flexibility index (Phi) is 4.91. The second-order valence-electron chi connectivity index (χ2n) is 3.49. The molecular formula is C13H18O2. The molecule has 0 saturated heterocycles. The van der Waals surface area contributed by atoms with Crippen LogP contribution in [0.1, 0.15) is 18.9 Å². The van der Waals surface area contributed by atoms with Crippen LogP contribution in [0.15, 0.2) is 36.9 Å². The Bertz CT molecular complexity index is 290. The summed E-state index contributed by atoms with van der Waals surface area (Å²) in [6.07, 6.45) is 2.99. The van der Waals surface area contributed by atoms with Gasteiger partial charge in [0.2, 0.25) is 0 Å². The average molecular weight is 206 g/mol. The molecular weight excluding hydrogens is 188 g/mol. The van der Waals surface area contributed by atoms with Crippen molar-refractivity contribution in [3.05, 3.63) is 42.5 Å². The topological polar surface area (TPSA) is 18.5 Å². The van der Waals surface area contributed by atoms with Crippen molar-refractivity contribution in [3.8, 4) is 5.75 Å². The molecule has 2 nitrogen and oxygen atoms in total. The zero-order chi connectivity index (χ0) is 11.1. The van der Waals surface area contributed by atoms with E-state index in [1.165, 1.54) is 0 Å². The third kappa shape index (κ3) is 4.17. The molecule has 2 heteroatoms. The van der Waals surface area contributed by atoms with Crippen LogP contribution in [0, 0.1) is 0 Å². The van der Waals surface area contributed by atoms with Gasteiger partial charge in [0.15, 0.2) is 0 Å². The van der Waals surface area contributed by atoms with Gasteiger partial charge in [0.05, 0.1) is 19.8 Å². The van der Waals surface area contributed by atoms with Gasteiger partial charge >= 0.3 is 0 Å². The second kappa shape index (κ2) is 6.25. The SMILES string of the molecule is C=CC[C@H](C)OCc1ccc(OC)cc1. The van der Waals surface area contributed by atoms with Crippen LogP contribution in [-0.2, 0) is 11.3 Å². The van der Waals surface area contributed by atoms with Gasteiger partial charge < -0.3 is 9.47 Å². The van der Waals surface area contributed by atoms with E-state index in [-0.39, 0.29) is 6.10 Å². The van der Waals surface area contributed by atoms with E-state index in [4.69, 9.17) is 9.47 Å². The number of rotatable bonds is 6. The molecule has 0 aliphatic rings. The fourth-order valence-electron chi connectivity index (χ4n) is 1.26. The quantitative estimate of drug-likeness (QED) is 0.665. The molecule has 1 atom stereocenters. The van der Waals surface area contributed by atoms with Crippen LogP contribution in [-0.4, -0.2) is 13.2 Å². The molecule has 0 amide bonds. The van der Waals surface area contributed by atoms with E-state index in [0.29, 0.717) is 6.61 Å². The fraction of sp³-hybridized carbons (Fsp3) is 0.385. The number of hydrogen-bond acceptors (Lipinski definition) is 2. The summed E-state index contributed by atoms with van der Waals surface area (Å²) >= 11 is 0. The zero-order valence-electron chi connectivity index (χ0n) is 9.40. The van der Waals surface area contributed by atoms with E-state index < -0.39 is 0 Å². The number of ether oxygens (including phenoxy) is 2. The molecule has 0 fully saturated rings. The summed E-state index contributed by atoms with van der Waals surface area (Å²) in [7, 11) is 1.66. The van der Waals surface area contributed by atoms with E-state index in [9.17, 15) is 0 Å². The minimum Gasteiger partial charge on any atom is -0.497 e. The van der Waals surface area contributed by atoms with Gasteiger partial charge in [-0.15, -0.1) is 6.58 Å². The number of hydrogen-bond donors (Lipinski definition) is 0. The second-order valence-corrected chi connectivity index (χ2v) is 3.49. The molecule has 0 unspecified atom stereocenters. The molecule has 15 heavy (non-hydrogen) atoms. The fourth-order valence-corrected chi connectivity index (χ4v) is 1.26. The highest BCUT2D eigenvalue weighted by atomic mass is 16.5. The first-order valence-corrected chi connectivity index (χ1v) is 5.11. The minimum atomic E-state index is 0.226. The molecule has 0 aliphatic carbocycles. The van der Waals surface area contributed by atoms with Crippen molar-refractivity contribution >= 4 is 0 Å². The van der Waals surface area contributed by atoms with Crippen molar-refractivity contribution in [2.24, 2.45) is 0 Å². The Labute approximate surface area is 91.5 Å². The monoisotopic (exact) mass is 206 g/mol. The predicted octanol–water partition coefficient (Wildman–Crippen LogP) is 3.18. The van der Waals surface area contributed by atoms with Crippen LogP contribution < -0.4 is 4.74 Å². The average Bonchev–Trinajstić information content (AvgIpc) is 2.27. The molecule has 1 aromatic rings. The van der Waals surface area contributed by atoms with Crippen molar-refractivity contribution in [3.63, 3.8) is 0 Å². The van der Waals surface area contributed by atoms with E-state index in [1.54, 1.807) is 7.11 Å². The van der Waals surface area contributed by atoms with E-state index in [2.05, 4.69) is 6.58 Å². The molecule has 0 aliphatic heterocycles. The first-order valence-electron chi connectivity index (χ1n) is 5.11. The lowest BCUT2D eigenvalue weighted by molar-refractivity contribution is 0.0553. The molecule has 0 N–H and O–H groups in total. The summed E-state index contributed by atoms with van der Waals surface area (Å²) in [4.78, 5) is 0. The van der Waals surface area contributed by atoms with Crippen LogP contribution in [0.25, 0.3) is 0 Å². The molecule has 0 saturated carbocycles. The molecule has 0 bridgehead atoms. The lowest BCUT2D eigenvalue weighted by atomic mass is 10.2. The van der Waals surface area contributed by atoms with E-state index >= 15 is 0 Å². The van der Waals surface area contributed by atoms with Gasteiger partial charge in [0, 0.05) is 0 Å². The summed E-state index contributed by atoms with van der Waals surface area (Å²) in [6.45, 7) is 6.37. The van der Waals surface area contributed by atoms with Gasteiger partial charge in [0.25, 0.3) is 0 Å². The summed E-state index contributed by atoms with van der Waals surface area (Å²) in [5.74, 6) is 0.873. The third-order valence-electron chi connectivity index (χ3n) is 2.19. The minimum absolute atomic E-state index is 0.226. The molecule has 0 aromatic heterocycles. The van der Waals surface area contributed by atoms with Gasteiger partial charge in [-0.2, -0.15) is 0 Å².